The van der Waals surface area contributed by atoms with Gasteiger partial charge >= 0.3 is 0 Å². The predicted octanol–water partition coefficient (Wildman–Crippen LogP) is 3.17. The number of carbonyl (C=O) groups is 1. The van der Waals surface area contributed by atoms with E-state index in [1.165, 1.54) is 24.8 Å². The predicted molar refractivity (Wildman–Crippen MR) is 89.4 cm³/mol. The maximum Gasteiger partial charge on any atom is 0.233 e. The number of hydrogen-bond acceptors (Lipinski definition) is 4. The Labute approximate surface area is 142 Å². The quantitative estimate of drug-likeness (QED) is 0.866. The SMILES string of the molecule is O=C(C1CCCCC1)N1CC(c2nc(Cc3ccccc3)no2)C1. The molecule has 126 valence electrons. The van der Waals surface area contributed by atoms with Gasteiger partial charge in [0.2, 0.25) is 11.8 Å². The molecule has 5 nitrogen and oxygen atoms in total. The van der Waals surface area contributed by atoms with E-state index in [1.807, 2.05) is 23.1 Å². The highest BCUT2D eigenvalue weighted by atomic mass is 16.5. The summed E-state index contributed by atoms with van der Waals surface area (Å²) in [5.41, 5.74) is 1.17. The minimum Gasteiger partial charge on any atom is -0.341 e. The summed E-state index contributed by atoms with van der Waals surface area (Å²) in [7, 11) is 0. The number of nitrogens with zero attached hydrogens (tertiary/aromatic N) is 3. The van der Waals surface area contributed by atoms with Crippen molar-refractivity contribution in [1.29, 1.82) is 0 Å². The zero-order valence-corrected chi connectivity index (χ0v) is 13.9. The van der Waals surface area contributed by atoms with Crippen LogP contribution in [0.3, 0.4) is 0 Å². The van der Waals surface area contributed by atoms with Gasteiger partial charge in [0.15, 0.2) is 5.82 Å². The lowest BCUT2D eigenvalue weighted by Gasteiger charge is -2.39. The molecule has 1 aliphatic carbocycles. The second-order valence-corrected chi connectivity index (χ2v) is 6.99. The number of amides is 1. The van der Waals surface area contributed by atoms with Gasteiger partial charge in [0.25, 0.3) is 0 Å². The Balaban J connectivity index is 1.31. The van der Waals surface area contributed by atoms with Crippen LogP contribution in [-0.2, 0) is 11.2 Å². The molecule has 2 heterocycles. The smallest absolute Gasteiger partial charge is 0.233 e. The van der Waals surface area contributed by atoms with Crippen LogP contribution in [0.2, 0.25) is 0 Å². The molecule has 0 bridgehead atoms. The maximum atomic E-state index is 12.5. The summed E-state index contributed by atoms with van der Waals surface area (Å²) in [6.45, 7) is 1.45. The first-order valence-corrected chi connectivity index (χ1v) is 8.95. The summed E-state index contributed by atoms with van der Waals surface area (Å²) >= 11 is 0. The van der Waals surface area contributed by atoms with Gasteiger partial charge in [-0.05, 0) is 18.4 Å². The normalized spacial score (nSPS) is 19.2. The first-order chi connectivity index (χ1) is 11.8. The van der Waals surface area contributed by atoms with Crippen LogP contribution < -0.4 is 0 Å². The van der Waals surface area contributed by atoms with Crippen molar-refractivity contribution in [3.63, 3.8) is 0 Å². The fraction of sp³-hybridized carbons (Fsp3) is 0.526. The van der Waals surface area contributed by atoms with Crippen molar-refractivity contribution >= 4 is 5.91 Å². The number of carbonyl (C=O) groups excluding carboxylic acids is 1. The molecule has 2 aromatic rings. The molecular weight excluding hydrogens is 302 g/mol. The van der Waals surface area contributed by atoms with E-state index in [9.17, 15) is 4.79 Å². The van der Waals surface area contributed by atoms with E-state index in [0.29, 0.717) is 24.0 Å². The van der Waals surface area contributed by atoms with Crippen LogP contribution >= 0.6 is 0 Å². The molecule has 1 saturated heterocycles. The fourth-order valence-electron chi connectivity index (χ4n) is 3.71. The Kier molecular flexibility index (Phi) is 4.32. The molecule has 1 aromatic heterocycles. The van der Waals surface area contributed by atoms with Crippen molar-refractivity contribution in [2.75, 3.05) is 13.1 Å². The second kappa shape index (κ2) is 6.75. The second-order valence-electron chi connectivity index (χ2n) is 6.99. The Morgan fingerprint density at radius 3 is 2.62 bits per heavy atom. The average Bonchev–Trinajstić information content (AvgIpc) is 3.03. The van der Waals surface area contributed by atoms with E-state index >= 15 is 0 Å². The third-order valence-corrected chi connectivity index (χ3v) is 5.19. The molecular formula is C19H23N3O2. The van der Waals surface area contributed by atoms with Crippen molar-refractivity contribution in [2.24, 2.45) is 5.92 Å². The molecule has 0 atom stereocenters. The van der Waals surface area contributed by atoms with Gasteiger partial charge in [-0.1, -0.05) is 54.8 Å². The summed E-state index contributed by atoms with van der Waals surface area (Å²) in [4.78, 5) is 18.9. The monoisotopic (exact) mass is 325 g/mol. The van der Waals surface area contributed by atoms with Crippen LogP contribution in [0, 0.1) is 5.92 Å². The van der Waals surface area contributed by atoms with Crippen molar-refractivity contribution in [1.82, 2.24) is 15.0 Å². The van der Waals surface area contributed by atoms with Gasteiger partial charge in [-0.15, -0.1) is 0 Å². The summed E-state index contributed by atoms with van der Waals surface area (Å²) in [5.74, 6) is 2.17. The van der Waals surface area contributed by atoms with Gasteiger partial charge < -0.3 is 9.42 Å². The van der Waals surface area contributed by atoms with E-state index < -0.39 is 0 Å². The first-order valence-electron chi connectivity index (χ1n) is 8.95. The van der Waals surface area contributed by atoms with E-state index in [-0.39, 0.29) is 11.8 Å². The van der Waals surface area contributed by atoms with Crippen LogP contribution in [0.5, 0.6) is 0 Å². The highest BCUT2D eigenvalue weighted by Gasteiger charge is 2.38. The summed E-state index contributed by atoms with van der Waals surface area (Å²) in [6.07, 6.45) is 6.46. The Hall–Kier alpha value is -2.17. The van der Waals surface area contributed by atoms with Crippen LogP contribution in [0.25, 0.3) is 0 Å². The minimum atomic E-state index is 0.203. The molecule has 1 aliphatic heterocycles. The van der Waals surface area contributed by atoms with Crippen LogP contribution in [0.15, 0.2) is 34.9 Å². The number of rotatable bonds is 4. The number of likely N-dealkylation sites (tertiary alicyclic amines) is 1. The fourth-order valence-corrected chi connectivity index (χ4v) is 3.71. The largest absolute Gasteiger partial charge is 0.341 e. The molecule has 24 heavy (non-hydrogen) atoms. The zero-order valence-electron chi connectivity index (χ0n) is 13.9. The molecule has 0 spiro atoms. The molecule has 1 amide bonds. The number of hydrogen-bond donors (Lipinski definition) is 0. The summed E-state index contributed by atoms with van der Waals surface area (Å²) < 4.78 is 5.42. The van der Waals surface area contributed by atoms with Crippen molar-refractivity contribution in [3.8, 4) is 0 Å². The lowest BCUT2D eigenvalue weighted by atomic mass is 9.86. The molecule has 4 rings (SSSR count). The third kappa shape index (κ3) is 3.21. The van der Waals surface area contributed by atoms with Crippen LogP contribution in [0.1, 0.15) is 55.3 Å². The topological polar surface area (TPSA) is 59.2 Å². The lowest BCUT2D eigenvalue weighted by molar-refractivity contribution is -0.141. The van der Waals surface area contributed by atoms with Gasteiger partial charge in [-0.2, -0.15) is 4.98 Å². The Bertz CT molecular complexity index is 686. The van der Waals surface area contributed by atoms with Crippen molar-refractivity contribution < 1.29 is 9.32 Å². The molecule has 2 fully saturated rings. The standard InChI is InChI=1S/C19H23N3O2/c23-19(15-9-5-2-6-10-15)22-12-16(13-22)18-20-17(21-24-18)11-14-7-3-1-4-8-14/h1,3-4,7-8,15-16H,2,5-6,9-13H2. The van der Waals surface area contributed by atoms with Crippen LogP contribution in [-0.4, -0.2) is 34.0 Å². The minimum absolute atomic E-state index is 0.203. The highest BCUT2D eigenvalue weighted by molar-refractivity contribution is 5.79. The summed E-state index contributed by atoms with van der Waals surface area (Å²) in [5, 5.41) is 4.08. The molecule has 2 aliphatic rings. The Morgan fingerprint density at radius 1 is 1.12 bits per heavy atom. The maximum absolute atomic E-state index is 12.5. The van der Waals surface area contributed by atoms with Crippen molar-refractivity contribution in [3.05, 3.63) is 47.6 Å². The van der Waals surface area contributed by atoms with E-state index in [1.54, 1.807) is 0 Å². The van der Waals surface area contributed by atoms with E-state index in [2.05, 4.69) is 22.3 Å². The van der Waals surface area contributed by atoms with Gasteiger partial charge in [-0.3, -0.25) is 4.79 Å². The van der Waals surface area contributed by atoms with Gasteiger partial charge in [0.05, 0.1) is 5.92 Å². The zero-order chi connectivity index (χ0) is 16.4. The molecule has 0 N–H and O–H groups in total. The average molecular weight is 325 g/mol. The van der Waals surface area contributed by atoms with Crippen LogP contribution in [0.4, 0.5) is 0 Å². The van der Waals surface area contributed by atoms with Crippen molar-refractivity contribution in [2.45, 2.75) is 44.4 Å². The molecule has 5 heteroatoms. The lowest BCUT2D eigenvalue weighted by Crippen LogP contribution is -2.51. The van der Waals surface area contributed by atoms with Gasteiger partial charge in [0, 0.05) is 25.4 Å². The first kappa shape index (κ1) is 15.4. The van der Waals surface area contributed by atoms with Gasteiger partial charge in [0.1, 0.15) is 0 Å². The third-order valence-electron chi connectivity index (χ3n) is 5.19. The molecule has 0 unspecified atom stereocenters. The van der Waals surface area contributed by atoms with E-state index in [0.717, 1.165) is 25.9 Å². The number of aromatic nitrogens is 2. The number of benzene rings is 1. The molecule has 1 aromatic carbocycles. The Morgan fingerprint density at radius 2 is 1.88 bits per heavy atom. The molecule has 1 saturated carbocycles. The van der Waals surface area contributed by atoms with Gasteiger partial charge in [-0.25, -0.2) is 0 Å². The van der Waals surface area contributed by atoms with E-state index in [4.69, 9.17) is 4.52 Å². The highest BCUT2D eigenvalue weighted by Crippen LogP contribution is 2.31. The summed E-state index contributed by atoms with van der Waals surface area (Å²) in [6, 6.07) is 10.1. The molecule has 0 radical (unpaired) electrons.